The first-order valence-corrected chi connectivity index (χ1v) is 7.84. The highest BCUT2D eigenvalue weighted by atomic mass is 15.1. The normalized spacial score (nSPS) is 17.0. The highest BCUT2D eigenvalue weighted by Gasteiger charge is 2.20. The third kappa shape index (κ3) is 3.64. The lowest BCUT2D eigenvalue weighted by Gasteiger charge is -2.32. The van der Waals surface area contributed by atoms with E-state index in [1.54, 1.807) is 0 Å². The van der Waals surface area contributed by atoms with Gasteiger partial charge in [-0.3, -0.25) is 4.90 Å². The first-order chi connectivity index (χ1) is 10.2. The van der Waals surface area contributed by atoms with E-state index in [0.29, 0.717) is 0 Å². The summed E-state index contributed by atoms with van der Waals surface area (Å²) in [6.07, 6.45) is 2.52. The molecule has 0 saturated carbocycles. The van der Waals surface area contributed by atoms with Crippen molar-refractivity contribution < 1.29 is 0 Å². The van der Waals surface area contributed by atoms with Gasteiger partial charge in [-0.1, -0.05) is 42.0 Å². The predicted octanol–water partition coefficient (Wildman–Crippen LogP) is 3.96. The number of hydrogen-bond acceptors (Lipinski definition) is 2. The lowest BCUT2D eigenvalue weighted by atomic mass is 9.89. The second kappa shape index (κ2) is 6.31. The molecule has 110 valence electrons. The molecule has 1 saturated heterocycles. The van der Waals surface area contributed by atoms with Crippen LogP contribution < -0.4 is 5.73 Å². The number of nitrogens with two attached hydrogens (primary N) is 1. The number of piperidine rings is 1. The average molecular weight is 280 g/mol. The predicted molar refractivity (Wildman–Crippen MR) is 89.3 cm³/mol. The van der Waals surface area contributed by atoms with E-state index in [4.69, 9.17) is 5.73 Å². The van der Waals surface area contributed by atoms with Gasteiger partial charge in [0.15, 0.2) is 0 Å². The van der Waals surface area contributed by atoms with Gasteiger partial charge in [-0.2, -0.15) is 0 Å². The van der Waals surface area contributed by atoms with Gasteiger partial charge in [-0.25, -0.2) is 0 Å². The molecule has 1 aliphatic rings. The van der Waals surface area contributed by atoms with Gasteiger partial charge in [0.25, 0.3) is 0 Å². The lowest BCUT2D eigenvalue weighted by Crippen LogP contribution is -2.32. The van der Waals surface area contributed by atoms with Gasteiger partial charge < -0.3 is 5.73 Å². The molecule has 2 aromatic carbocycles. The van der Waals surface area contributed by atoms with E-state index >= 15 is 0 Å². The number of likely N-dealkylation sites (tertiary alicyclic amines) is 1. The van der Waals surface area contributed by atoms with Crippen molar-refractivity contribution in [3.63, 3.8) is 0 Å². The van der Waals surface area contributed by atoms with Crippen LogP contribution in [0.2, 0.25) is 0 Å². The van der Waals surface area contributed by atoms with Crippen molar-refractivity contribution in [3.8, 4) is 0 Å². The van der Waals surface area contributed by atoms with Crippen LogP contribution in [-0.4, -0.2) is 18.0 Å². The molecule has 0 radical (unpaired) electrons. The third-order valence-electron chi connectivity index (χ3n) is 4.52. The molecule has 0 bridgehead atoms. The van der Waals surface area contributed by atoms with Crippen molar-refractivity contribution in [1.82, 2.24) is 4.90 Å². The smallest absolute Gasteiger partial charge is 0.0314 e. The molecule has 0 amide bonds. The van der Waals surface area contributed by atoms with Crippen molar-refractivity contribution in [3.05, 3.63) is 65.2 Å². The maximum atomic E-state index is 5.74. The summed E-state index contributed by atoms with van der Waals surface area (Å²) in [6.45, 7) is 5.56. The summed E-state index contributed by atoms with van der Waals surface area (Å²) < 4.78 is 0. The Balaban J connectivity index is 1.55. The zero-order chi connectivity index (χ0) is 14.7. The zero-order valence-corrected chi connectivity index (χ0v) is 12.8. The van der Waals surface area contributed by atoms with Crippen LogP contribution >= 0.6 is 0 Å². The summed E-state index contributed by atoms with van der Waals surface area (Å²) in [5, 5.41) is 0. The molecule has 1 aliphatic heterocycles. The molecule has 1 heterocycles. The fourth-order valence-corrected chi connectivity index (χ4v) is 3.14. The molecule has 2 N–H and O–H groups in total. The van der Waals surface area contributed by atoms with E-state index in [-0.39, 0.29) is 0 Å². The molecule has 0 atom stereocenters. The van der Waals surface area contributed by atoms with E-state index in [2.05, 4.69) is 48.2 Å². The summed E-state index contributed by atoms with van der Waals surface area (Å²) >= 11 is 0. The minimum Gasteiger partial charge on any atom is -0.399 e. The van der Waals surface area contributed by atoms with Crippen LogP contribution in [0.3, 0.4) is 0 Å². The second-order valence-corrected chi connectivity index (χ2v) is 6.20. The molecular weight excluding hydrogens is 256 g/mol. The van der Waals surface area contributed by atoms with Gasteiger partial charge in [0.2, 0.25) is 0 Å². The van der Waals surface area contributed by atoms with Crippen LogP contribution in [0.1, 0.15) is 35.4 Å². The Bertz CT molecular complexity index is 564. The van der Waals surface area contributed by atoms with Gasteiger partial charge in [0, 0.05) is 12.2 Å². The van der Waals surface area contributed by atoms with Crippen LogP contribution in [0, 0.1) is 6.92 Å². The Kier molecular flexibility index (Phi) is 4.26. The van der Waals surface area contributed by atoms with Crippen molar-refractivity contribution in [1.29, 1.82) is 0 Å². The van der Waals surface area contributed by atoms with E-state index in [0.717, 1.165) is 18.2 Å². The first kappa shape index (κ1) is 14.2. The van der Waals surface area contributed by atoms with E-state index in [1.165, 1.54) is 42.6 Å². The number of hydrogen-bond donors (Lipinski definition) is 1. The molecular formula is C19H24N2. The quantitative estimate of drug-likeness (QED) is 0.862. The minimum atomic E-state index is 0.730. The summed E-state index contributed by atoms with van der Waals surface area (Å²) in [7, 11) is 0. The Labute approximate surface area is 127 Å². The second-order valence-electron chi connectivity index (χ2n) is 6.20. The molecule has 2 nitrogen and oxygen atoms in total. The van der Waals surface area contributed by atoms with Gasteiger partial charge >= 0.3 is 0 Å². The van der Waals surface area contributed by atoms with Gasteiger partial charge in [-0.15, -0.1) is 0 Å². The summed E-state index contributed by atoms with van der Waals surface area (Å²) in [5.41, 5.74) is 10.8. The molecule has 1 fully saturated rings. The Morgan fingerprint density at radius 1 is 0.952 bits per heavy atom. The monoisotopic (exact) mass is 280 g/mol. The first-order valence-electron chi connectivity index (χ1n) is 7.84. The molecule has 0 aromatic heterocycles. The highest BCUT2D eigenvalue weighted by molar-refractivity contribution is 5.39. The molecule has 2 heteroatoms. The molecule has 2 aromatic rings. The third-order valence-corrected chi connectivity index (χ3v) is 4.52. The van der Waals surface area contributed by atoms with Gasteiger partial charge in [0.1, 0.15) is 0 Å². The SMILES string of the molecule is Cc1ccc(C2CCN(Cc3ccc(N)cc3)CC2)cc1. The standard InChI is InChI=1S/C19H24N2/c1-15-2-6-17(7-3-15)18-10-12-21(13-11-18)14-16-4-8-19(20)9-5-16/h2-9,18H,10-14,20H2,1H3. The summed E-state index contributed by atoms with van der Waals surface area (Å²) in [5.74, 6) is 0.730. The molecule has 21 heavy (non-hydrogen) atoms. The van der Waals surface area contributed by atoms with Crippen molar-refractivity contribution in [2.75, 3.05) is 18.8 Å². The minimum absolute atomic E-state index is 0.730. The molecule has 0 spiro atoms. The van der Waals surface area contributed by atoms with Crippen LogP contribution in [0.4, 0.5) is 5.69 Å². The van der Waals surface area contributed by atoms with Gasteiger partial charge in [0.05, 0.1) is 0 Å². The average Bonchev–Trinajstić information content (AvgIpc) is 2.51. The lowest BCUT2D eigenvalue weighted by molar-refractivity contribution is 0.204. The Hall–Kier alpha value is -1.80. The largest absolute Gasteiger partial charge is 0.399 e. The van der Waals surface area contributed by atoms with Gasteiger partial charge in [-0.05, 0) is 62.0 Å². The van der Waals surface area contributed by atoms with Crippen molar-refractivity contribution >= 4 is 5.69 Å². The van der Waals surface area contributed by atoms with Crippen LogP contribution in [-0.2, 0) is 6.54 Å². The molecule has 3 rings (SSSR count). The van der Waals surface area contributed by atoms with Crippen molar-refractivity contribution in [2.45, 2.75) is 32.2 Å². The maximum Gasteiger partial charge on any atom is 0.0314 e. The number of nitrogen functional groups attached to an aromatic ring is 1. The summed E-state index contributed by atoms with van der Waals surface area (Å²) in [4.78, 5) is 2.55. The number of nitrogens with zero attached hydrogens (tertiary/aromatic N) is 1. The number of benzene rings is 2. The van der Waals surface area contributed by atoms with Crippen molar-refractivity contribution in [2.24, 2.45) is 0 Å². The molecule has 0 aliphatic carbocycles. The fraction of sp³-hybridized carbons (Fsp3) is 0.368. The number of anilines is 1. The van der Waals surface area contributed by atoms with Crippen LogP contribution in [0.5, 0.6) is 0 Å². The number of rotatable bonds is 3. The zero-order valence-electron chi connectivity index (χ0n) is 12.8. The maximum absolute atomic E-state index is 5.74. The van der Waals surface area contributed by atoms with E-state index in [1.807, 2.05) is 12.1 Å². The Morgan fingerprint density at radius 3 is 2.19 bits per heavy atom. The topological polar surface area (TPSA) is 29.3 Å². The number of aryl methyl sites for hydroxylation is 1. The molecule has 0 unspecified atom stereocenters. The highest BCUT2D eigenvalue weighted by Crippen LogP contribution is 2.28. The van der Waals surface area contributed by atoms with E-state index < -0.39 is 0 Å². The van der Waals surface area contributed by atoms with Crippen LogP contribution in [0.15, 0.2) is 48.5 Å². The Morgan fingerprint density at radius 2 is 1.57 bits per heavy atom. The van der Waals surface area contributed by atoms with E-state index in [9.17, 15) is 0 Å². The van der Waals surface area contributed by atoms with Crippen LogP contribution in [0.25, 0.3) is 0 Å². The fourth-order valence-electron chi connectivity index (χ4n) is 3.14. The summed E-state index contributed by atoms with van der Waals surface area (Å²) in [6, 6.07) is 17.3.